The van der Waals surface area contributed by atoms with Crippen molar-refractivity contribution in [3.05, 3.63) is 77.6 Å². The van der Waals surface area contributed by atoms with Crippen molar-refractivity contribution >= 4 is 17.7 Å². The number of carbonyl (C=O) groups is 1. The highest BCUT2D eigenvalue weighted by atomic mass is 16.5. The Bertz CT molecular complexity index is 824. The number of phenols is 1. The predicted molar refractivity (Wildman–Crippen MR) is 99.3 cm³/mol. The molecule has 0 radical (unpaired) electrons. The molecule has 1 heterocycles. The molecule has 1 aliphatic heterocycles. The Morgan fingerprint density at radius 1 is 1.20 bits per heavy atom. The first kappa shape index (κ1) is 16.8. The summed E-state index contributed by atoms with van der Waals surface area (Å²) in [6.45, 7) is 1.93. The van der Waals surface area contributed by atoms with Crippen LogP contribution in [0.2, 0.25) is 0 Å². The molecule has 1 atom stereocenters. The van der Waals surface area contributed by atoms with Gasteiger partial charge in [0.05, 0.1) is 18.8 Å². The zero-order chi connectivity index (χ0) is 17.8. The fourth-order valence-electron chi connectivity index (χ4n) is 2.93. The highest BCUT2D eigenvalue weighted by Gasteiger charge is 2.30. The lowest BCUT2D eigenvalue weighted by atomic mass is 10.0. The highest BCUT2D eigenvalue weighted by molar-refractivity contribution is 6.04. The van der Waals surface area contributed by atoms with Crippen LogP contribution in [-0.2, 0) is 9.53 Å². The molecule has 2 aromatic carbocycles. The molecule has 0 unspecified atom stereocenters. The Labute approximate surface area is 147 Å². The first-order chi connectivity index (χ1) is 12.1. The van der Waals surface area contributed by atoms with Gasteiger partial charge in [0.15, 0.2) is 0 Å². The Balaban J connectivity index is 1.99. The molecule has 0 saturated heterocycles. The second-order valence-corrected chi connectivity index (χ2v) is 6.06. The summed E-state index contributed by atoms with van der Waals surface area (Å²) in [7, 11) is 1.57. The second kappa shape index (κ2) is 7.26. The Morgan fingerprint density at radius 2 is 1.96 bits per heavy atom. The van der Waals surface area contributed by atoms with Gasteiger partial charge in [-0.05, 0) is 30.2 Å². The Morgan fingerprint density at radius 3 is 2.68 bits per heavy atom. The van der Waals surface area contributed by atoms with E-state index in [2.05, 4.69) is 0 Å². The third-order valence-electron chi connectivity index (χ3n) is 4.23. The van der Waals surface area contributed by atoms with Crippen molar-refractivity contribution in [1.82, 2.24) is 0 Å². The van der Waals surface area contributed by atoms with Crippen LogP contribution in [0.15, 0.2) is 66.4 Å². The maximum atomic E-state index is 12.7. The number of nitrogens with zero attached hydrogens (tertiary/aromatic N) is 1. The largest absolute Gasteiger partial charge is 0.506 e. The highest BCUT2D eigenvalue weighted by Crippen LogP contribution is 2.34. The smallest absolute Gasteiger partial charge is 0.255 e. The molecule has 2 aromatic rings. The normalized spacial score (nSPS) is 17.7. The molecule has 0 saturated carbocycles. The van der Waals surface area contributed by atoms with E-state index in [4.69, 9.17) is 4.74 Å². The number of phenolic OH excluding ortho intramolecular Hbond substituents is 1. The summed E-state index contributed by atoms with van der Waals surface area (Å²) in [6, 6.07) is 14.9. The maximum Gasteiger partial charge on any atom is 0.255 e. The number of carbonyl (C=O) groups excluding carboxylic acids is 1. The summed E-state index contributed by atoms with van der Waals surface area (Å²) in [5.41, 5.74) is 2.55. The number of methoxy groups -OCH3 is 1. The number of amides is 1. The van der Waals surface area contributed by atoms with Gasteiger partial charge in [0, 0.05) is 12.5 Å². The van der Waals surface area contributed by atoms with Gasteiger partial charge < -0.3 is 9.84 Å². The van der Waals surface area contributed by atoms with Crippen LogP contribution in [0, 0.1) is 6.92 Å². The molecular formula is C21H21NO3. The molecule has 25 heavy (non-hydrogen) atoms. The third kappa shape index (κ3) is 3.74. The average Bonchev–Trinajstić information content (AvgIpc) is 2.62. The first-order valence-electron chi connectivity index (χ1n) is 8.19. The minimum absolute atomic E-state index is 0.0892. The van der Waals surface area contributed by atoms with E-state index in [1.54, 1.807) is 18.1 Å². The van der Waals surface area contributed by atoms with E-state index in [0.29, 0.717) is 17.9 Å². The van der Waals surface area contributed by atoms with Crippen LogP contribution in [-0.4, -0.2) is 24.2 Å². The minimum atomic E-state index is -0.236. The first-order valence-corrected chi connectivity index (χ1v) is 8.19. The van der Waals surface area contributed by atoms with Crippen LogP contribution >= 0.6 is 0 Å². The molecule has 1 aliphatic rings. The zero-order valence-electron chi connectivity index (χ0n) is 14.3. The number of anilines is 1. The minimum Gasteiger partial charge on any atom is -0.506 e. The third-order valence-corrected chi connectivity index (χ3v) is 4.23. The van der Waals surface area contributed by atoms with E-state index in [9.17, 15) is 9.90 Å². The van der Waals surface area contributed by atoms with Crippen molar-refractivity contribution in [2.75, 3.05) is 12.0 Å². The summed E-state index contributed by atoms with van der Waals surface area (Å²) in [6.07, 6.45) is 5.99. The van der Waals surface area contributed by atoms with E-state index < -0.39 is 0 Å². The van der Waals surface area contributed by atoms with Crippen molar-refractivity contribution < 1.29 is 14.6 Å². The van der Waals surface area contributed by atoms with Gasteiger partial charge in [-0.15, -0.1) is 0 Å². The predicted octanol–water partition coefficient (Wildman–Crippen LogP) is 4.05. The fraction of sp³-hybridized carbons (Fsp3) is 0.190. The molecule has 0 aromatic heterocycles. The van der Waals surface area contributed by atoms with Crippen LogP contribution in [0.5, 0.6) is 5.75 Å². The fourth-order valence-corrected chi connectivity index (χ4v) is 2.93. The monoisotopic (exact) mass is 335 g/mol. The van der Waals surface area contributed by atoms with Gasteiger partial charge in [-0.3, -0.25) is 9.69 Å². The van der Waals surface area contributed by atoms with Crippen LogP contribution in [0.1, 0.15) is 17.5 Å². The van der Waals surface area contributed by atoms with E-state index in [0.717, 1.165) is 11.1 Å². The summed E-state index contributed by atoms with van der Waals surface area (Å²) >= 11 is 0. The van der Waals surface area contributed by atoms with Gasteiger partial charge in [-0.1, -0.05) is 48.6 Å². The van der Waals surface area contributed by atoms with Crippen LogP contribution in [0.4, 0.5) is 5.69 Å². The van der Waals surface area contributed by atoms with Crippen molar-refractivity contribution in [1.29, 1.82) is 0 Å². The molecule has 0 aliphatic carbocycles. The zero-order valence-corrected chi connectivity index (χ0v) is 14.3. The van der Waals surface area contributed by atoms with Crippen molar-refractivity contribution in [2.24, 2.45) is 0 Å². The Hall–Kier alpha value is -3.01. The number of hydrogen-bond acceptors (Lipinski definition) is 3. The summed E-state index contributed by atoms with van der Waals surface area (Å²) in [5.74, 6) is 0.522. The van der Waals surface area contributed by atoms with Gasteiger partial charge >= 0.3 is 0 Å². The average molecular weight is 335 g/mol. The second-order valence-electron chi connectivity index (χ2n) is 6.06. The van der Waals surface area contributed by atoms with Crippen molar-refractivity contribution in [3.8, 4) is 5.75 Å². The molecule has 1 N–H and O–H groups in total. The van der Waals surface area contributed by atoms with Gasteiger partial charge in [0.1, 0.15) is 11.5 Å². The van der Waals surface area contributed by atoms with Crippen molar-refractivity contribution in [3.63, 3.8) is 0 Å². The van der Waals surface area contributed by atoms with Gasteiger partial charge in [0.25, 0.3) is 5.91 Å². The van der Waals surface area contributed by atoms with Crippen LogP contribution < -0.4 is 4.90 Å². The lowest BCUT2D eigenvalue weighted by Crippen LogP contribution is -2.42. The summed E-state index contributed by atoms with van der Waals surface area (Å²) in [5, 5.41) is 10.3. The topological polar surface area (TPSA) is 49.8 Å². The van der Waals surface area contributed by atoms with Gasteiger partial charge in [-0.25, -0.2) is 0 Å². The van der Waals surface area contributed by atoms with Gasteiger partial charge in [0.2, 0.25) is 0 Å². The molecule has 4 heteroatoms. The van der Waals surface area contributed by atoms with Gasteiger partial charge in [-0.2, -0.15) is 0 Å². The lowest BCUT2D eigenvalue weighted by Gasteiger charge is -2.33. The van der Waals surface area contributed by atoms with E-state index >= 15 is 0 Å². The van der Waals surface area contributed by atoms with E-state index in [-0.39, 0.29) is 17.7 Å². The number of ether oxygens (including phenoxy) is 1. The number of aromatic hydroxyl groups is 1. The van der Waals surface area contributed by atoms with Crippen molar-refractivity contribution in [2.45, 2.75) is 19.4 Å². The molecule has 128 valence electrons. The molecule has 4 nitrogen and oxygen atoms in total. The molecule has 3 rings (SSSR count). The molecule has 1 amide bonds. The molecular weight excluding hydrogens is 314 g/mol. The quantitative estimate of drug-likeness (QED) is 0.917. The van der Waals surface area contributed by atoms with E-state index in [1.807, 2.05) is 61.5 Å². The molecule has 0 bridgehead atoms. The Kier molecular flexibility index (Phi) is 4.89. The SMILES string of the molecule is COC1=CC(=O)N(c2cc(C)ccc2O)[C@@H](/C=C/c2ccccc2)C1. The van der Waals surface area contributed by atoms with Crippen LogP contribution in [0.25, 0.3) is 6.08 Å². The maximum absolute atomic E-state index is 12.7. The standard InChI is InChI=1S/C21H21NO3/c1-15-8-11-20(23)19(12-15)22-17(13-18(25-2)14-21(22)24)10-9-16-6-4-3-5-7-16/h3-12,14,17,23H,13H2,1-2H3/b10-9+/t17-/m0/s1. The van der Waals surface area contributed by atoms with E-state index in [1.165, 1.54) is 6.08 Å². The molecule has 0 fully saturated rings. The van der Waals surface area contributed by atoms with Crippen LogP contribution in [0.3, 0.4) is 0 Å². The number of benzene rings is 2. The number of rotatable bonds is 4. The summed E-state index contributed by atoms with van der Waals surface area (Å²) < 4.78 is 5.30. The number of hydrogen-bond donors (Lipinski definition) is 1. The molecule has 0 spiro atoms. The lowest BCUT2D eigenvalue weighted by molar-refractivity contribution is -0.115. The summed E-state index contributed by atoms with van der Waals surface area (Å²) in [4.78, 5) is 14.3. The number of aryl methyl sites for hydroxylation is 1.